The Morgan fingerprint density at radius 3 is 2.26 bits per heavy atom. The molecule has 2 amide bonds. The molecule has 0 unspecified atom stereocenters. The van der Waals surface area contributed by atoms with Crippen molar-refractivity contribution in [2.75, 3.05) is 13.1 Å². The maximum Gasteiger partial charge on any atom is 0.300 e. The van der Waals surface area contributed by atoms with Gasteiger partial charge in [-0.15, -0.1) is 0 Å². The van der Waals surface area contributed by atoms with E-state index in [4.69, 9.17) is 15.6 Å². The maximum atomic E-state index is 12.8. The summed E-state index contributed by atoms with van der Waals surface area (Å²) in [5, 5.41) is 22.4. The summed E-state index contributed by atoms with van der Waals surface area (Å²) in [5.74, 6) is -1.85. The normalized spacial score (nSPS) is 21.4. The van der Waals surface area contributed by atoms with Gasteiger partial charge in [0.25, 0.3) is 11.9 Å². The van der Waals surface area contributed by atoms with Gasteiger partial charge in [-0.2, -0.15) is 0 Å². The van der Waals surface area contributed by atoms with Crippen LogP contribution in [0.4, 0.5) is 4.39 Å². The molecule has 0 saturated heterocycles. The minimum Gasteiger partial charge on any atom is -0.481 e. The first-order valence-corrected chi connectivity index (χ1v) is 8.65. The number of aliphatic hydroxyl groups is 1. The molecule has 0 bridgehead atoms. The molecule has 6 N–H and O–H groups in total. The first kappa shape index (κ1) is 22.5. The van der Waals surface area contributed by atoms with Crippen molar-refractivity contribution >= 4 is 17.8 Å². The van der Waals surface area contributed by atoms with Crippen LogP contribution in [0.25, 0.3) is 0 Å². The molecule has 9 heteroatoms. The van der Waals surface area contributed by atoms with Gasteiger partial charge in [-0.05, 0) is 43.5 Å². The number of carbonyl (C=O) groups excluding carboxylic acids is 2. The van der Waals surface area contributed by atoms with E-state index in [0.29, 0.717) is 31.4 Å². The molecule has 8 nitrogen and oxygen atoms in total. The number of benzene rings is 1. The second-order valence-electron chi connectivity index (χ2n) is 6.31. The molecule has 0 aromatic heterocycles. The van der Waals surface area contributed by atoms with E-state index in [1.54, 1.807) is 0 Å². The Morgan fingerprint density at radius 2 is 1.70 bits per heavy atom. The largest absolute Gasteiger partial charge is 0.481 e. The highest BCUT2D eigenvalue weighted by atomic mass is 19.1. The third kappa shape index (κ3) is 8.61. The number of nitrogens with two attached hydrogens (primary N) is 1. The van der Waals surface area contributed by atoms with Gasteiger partial charge in [-0.3, -0.25) is 14.4 Å². The second-order valence-corrected chi connectivity index (χ2v) is 6.31. The highest BCUT2D eigenvalue weighted by molar-refractivity contribution is 5.94. The van der Waals surface area contributed by atoms with Crippen molar-refractivity contribution in [1.82, 2.24) is 10.6 Å². The number of aliphatic hydroxyl groups excluding tert-OH is 1. The van der Waals surface area contributed by atoms with Crippen LogP contribution in [-0.4, -0.2) is 53.2 Å². The van der Waals surface area contributed by atoms with E-state index >= 15 is 0 Å². The van der Waals surface area contributed by atoms with Crippen LogP contribution < -0.4 is 16.4 Å². The maximum absolute atomic E-state index is 12.8. The van der Waals surface area contributed by atoms with Crippen molar-refractivity contribution in [1.29, 1.82) is 0 Å². The lowest BCUT2D eigenvalue weighted by Crippen LogP contribution is -2.45. The predicted molar refractivity (Wildman–Crippen MR) is 96.4 cm³/mol. The van der Waals surface area contributed by atoms with Crippen molar-refractivity contribution < 1.29 is 29.0 Å². The SMILES string of the molecule is CC(=O)O.N[C@@H]1C[C@@H](C(=O)NCCNC(=O)c2ccc(F)cc2)CC[C@H]1O. The number of aliphatic carboxylic acids is 1. The van der Waals surface area contributed by atoms with Gasteiger partial charge in [0.05, 0.1) is 6.10 Å². The molecular formula is C18H26FN3O5. The Bertz CT molecular complexity index is 634. The fraction of sp³-hybridized carbons (Fsp3) is 0.500. The number of carbonyl (C=O) groups is 3. The molecule has 2 rings (SSSR count). The van der Waals surface area contributed by atoms with Crippen LogP contribution in [0.15, 0.2) is 24.3 Å². The van der Waals surface area contributed by atoms with Crippen LogP contribution in [0.3, 0.4) is 0 Å². The Labute approximate surface area is 156 Å². The molecule has 27 heavy (non-hydrogen) atoms. The second kappa shape index (κ2) is 11.2. The van der Waals surface area contributed by atoms with Gasteiger partial charge in [-0.25, -0.2) is 4.39 Å². The fourth-order valence-electron chi connectivity index (χ4n) is 2.64. The van der Waals surface area contributed by atoms with E-state index in [2.05, 4.69) is 10.6 Å². The van der Waals surface area contributed by atoms with Crippen molar-refractivity contribution in [3.8, 4) is 0 Å². The Balaban J connectivity index is 0.000000828. The highest BCUT2D eigenvalue weighted by Gasteiger charge is 2.30. The lowest BCUT2D eigenvalue weighted by molar-refractivity contribution is -0.134. The first-order valence-electron chi connectivity index (χ1n) is 8.65. The highest BCUT2D eigenvalue weighted by Crippen LogP contribution is 2.23. The molecule has 1 aromatic rings. The van der Waals surface area contributed by atoms with Crippen molar-refractivity contribution in [2.24, 2.45) is 11.7 Å². The fourth-order valence-corrected chi connectivity index (χ4v) is 2.64. The number of rotatable bonds is 5. The molecule has 0 aliphatic heterocycles. The van der Waals surface area contributed by atoms with E-state index in [0.717, 1.165) is 6.92 Å². The smallest absolute Gasteiger partial charge is 0.300 e. The molecule has 1 aliphatic carbocycles. The number of hydrogen-bond donors (Lipinski definition) is 5. The Hall–Kier alpha value is -2.52. The summed E-state index contributed by atoms with van der Waals surface area (Å²) in [7, 11) is 0. The van der Waals surface area contributed by atoms with E-state index in [9.17, 15) is 19.1 Å². The number of carboxylic acid groups (broad SMARTS) is 1. The van der Waals surface area contributed by atoms with E-state index in [1.165, 1.54) is 24.3 Å². The predicted octanol–water partition coefficient (Wildman–Crippen LogP) is 0.251. The number of hydrogen-bond acceptors (Lipinski definition) is 5. The lowest BCUT2D eigenvalue weighted by Gasteiger charge is -2.30. The molecule has 150 valence electrons. The van der Waals surface area contributed by atoms with Crippen LogP contribution in [-0.2, 0) is 9.59 Å². The van der Waals surface area contributed by atoms with E-state index in [-0.39, 0.29) is 30.3 Å². The topological polar surface area (TPSA) is 142 Å². The van der Waals surface area contributed by atoms with E-state index in [1.807, 2.05) is 0 Å². The number of amides is 2. The van der Waals surface area contributed by atoms with E-state index < -0.39 is 17.9 Å². The monoisotopic (exact) mass is 383 g/mol. The van der Waals surface area contributed by atoms with Gasteiger partial charge in [-0.1, -0.05) is 0 Å². The summed E-state index contributed by atoms with van der Waals surface area (Å²) in [6, 6.07) is 4.88. The van der Waals surface area contributed by atoms with Gasteiger partial charge in [0, 0.05) is 37.5 Å². The zero-order valence-electron chi connectivity index (χ0n) is 15.2. The van der Waals surface area contributed by atoms with Crippen LogP contribution in [0, 0.1) is 11.7 Å². The summed E-state index contributed by atoms with van der Waals surface area (Å²) in [4.78, 5) is 32.8. The minimum absolute atomic E-state index is 0.108. The first-order chi connectivity index (χ1) is 12.7. The van der Waals surface area contributed by atoms with Crippen LogP contribution >= 0.6 is 0 Å². The van der Waals surface area contributed by atoms with Gasteiger partial charge in [0.15, 0.2) is 0 Å². The quantitative estimate of drug-likeness (QED) is 0.462. The molecule has 0 heterocycles. The average Bonchev–Trinajstić information content (AvgIpc) is 2.60. The van der Waals surface area contributed by atoms with Gasteiger partial charge in [0.2, 0.25) is 5.91 Å². The van der Waals surface area contributed by atoms with Crippen LogP contribution in [0.2, 0.25) is 0 Å². The number of halogens is 1. The standard InChI is InChI=1S/C16H22FN3O3.C2H4O2/c17-12-4-1-10(2-5-12)15(22)19-7-8-20-16(23)11-3-6-14(21)13(18)9-11;1-2(3)4/h1-2,4-5,11,13-14,21H,3,6-9,18H2,(H,19,22)(H,20,23);1H3,(H,3,4)/t11-,13+,14+;/m0./s1. The van der Waals surface area contributed by atoms with Crippen molar-refractivity contribution in [3.63, 3.8) is 0 Å². The molecule has 1 aliphatic rings. The third-order valence-electron chi connectivity index (χ3n) is 4.05. The number of nitrogens with one attached hydrogen (secondary N) is 2. The van der Waals surface area contributed by atoms with Gasteiger partial charge in [0.1, 0.15) is 5.82 Å². The van der Waals surface area contributed by atoms with Gasteiger partial charge < -0.3 is 26.6 Å². The average molecular weight is 383 g/mol. The molecule has 1 saturated carbocycles. The Morgan fingerprint density at radius 1 is 1.15 bits per heavy atom. The summed E-state index contributed by atoms with van der Waals surface area (Å²) >= 11 is 0. The Kier molecular flexibility index (Phi) is 9.38. The third-order valence-corrected chi connectivity index (χ3v) is 4.05. The van der Waals surface area contributed by atoms with Crippen LogP contribution in [0.1, 0.15) is 36.5 Å². The molecule has 1 fully saturated rings. The molecule has 3 atom stereocenters. The zero-order valence-corrected chi connectivity index (χ0v) is 15.2. The summed E-state index contributed by atoms with van der Waals surface area (Å²) in [6.07, 6.45) is 1.08. The van der Waals surface area contributed by atoms with Crippen LogP contribution in [0.5, 0.6) is 0 Å². The number of carboxylic acids is 1. The summed E-state index contributed by atoms with van der Waals surface area (Å²) < 4.78 is 12.8. The molecular weight excluding hydrogens is 357 g/mol. The minimum atomic E-state index is -0.833. The summed E-state index contributed by atoms with van der Waals surface area (Å²) in [6.45, 7) is 1.67. The molecule has 1 aromatic carbocycles. The lowest BCUT2D eigenvalue weighted by atomic mass is 9.84. The summed E-state index contributed by atoms with van der Waals surface area (Å²) in [5.41, 5.74) is 6.13. The molecule has 0 spiro atoms. The van der Waals surface area contributed by atoms with Crippen molar-refractivity contribution in [2.45, 2.75) is 38.3 Å². The van der Waals surface area contributed by atoms with Gasteiger partial charge >= 0.3 is 0 Å². The van der Waals surface area contributed by atoms with Crippen molar-refractivity contribution in [3.05, 3.63) is 35.6 Å². The zero-order chi connectivity index (χ0) is 20.4. The molecule has 0 radical (unpaired) electrons.